The Bertz CT molecular complexity index is 1150. The summed E-state index contributed by atoms with van der Waals surface area (Å²) in [5.74, 6) is -0.708. The number of nitrogens with one attached hydrogen (secondary N) is 2. The lowest BCUT2D eigenvalue weighted by molar-refractivity contribution is -0.161. The van der Waals surface area contributed by atoms with Gasteiger partial charge in [-0.1, -0.05) is 25.4 Å². The van der Waals surface area contributed by atoms with Gasteiger partial charge in [-0.15, -0.1) is 0 Å². The fourth-order valence-corrected chi connectivity index (χ4v) is 5.38. The van der Waals surface area contributed by atoms with Gasteiger partial charge < -0.3 is 25.0 Å². The number of esters is 1. The quantitative estimate of drug-likeness (QED) is 0.431. The van der Waals surface area contributed by atoms with Gasteiger partial charge in [-0.2, -0.15) is 13.9 Å². The number of halogens is 3. The van der Waals surface area contributed by atoms with E-state index in [4.69, 9.17) is 16.3 Å². The van der Waals surface area contributed by atoms with Crippen molar-refractivity contribution in [1.29, 1.82) is 0 Å². The van der Waals surface area contributed by atoms with Crippen LogP contribution in [-0.2, 0) is 19.9 Å². The van der Waals surface area contributed by atoms with Crippen LogP contribution in [0.25, 0.3) is 0 Å². The molecule has 1 amide bonds. The SMILES string of the molecule is CCOC(=O)C1(CN2CCC(C(=O)Nc3ccc(Cl)cc3OC(F)F)(n3nccc3C(C)C)CC2)CNC1. The maximum absolute atomic E-state index is 14.0. The fraction of sp³-hybridized carbons (Fsp3) is 0.577. The third-order valence-electron chi connectivity index (χ3n) is 7.34. The molecule has 208 valence electrons. The Morgan fingerprint density at radius 3 is 2.50 bits per heavy atom. The molecular weight excluding hydrogens is 520 g/mol. The van der Waals surface area contributed by atoms with Crippen LogP contribution in [0.4, 0.5) is 14.5 Å². The predicted octanol–water partition coefficient (Wildman–Crippen LogP) is 3.84. The lowest BCUT2D eigenvalue weighted by Crippen LogP contribution is -2.65. The molecule has 0 aliphatic carbocycles. The molecule has 0 bridgehead atoms. The molecule has 12 heteroatoms. The smallest absolute Gasteiger partial charge is 0.387 e. The van der Waals surface area contributed by atoms with E-state index in [1.54, 1.807) is 17.8 Å². The fourth-order valence-electron chi connectivity index (χ4n) is 5.22. The molecule has 4 rings (SSSR count). The van der Waals surface area contributed by atoms with Crippen LogP contribution in [0.15, 0.2) is 30.5 Å². The maximum atomic E-state index is 14.0. The van der Waals surface area contributed by atoms with Gasteiger partial charge in [0.15, 0.2) is 5.75 Å². The number of likely N-dealkylation sites (tertiary alicyclic amines) is 1. The highest BCUT2D eigenvalue weighted by Crippen LogP contribution is 2.38. The molecule has 2 aromatic rings. The number of amides is 1. The van der Waals surface area contributed by atoms with Crippen molar-refractivity contribution in [2.75, 3.05) is 44.6 Å². The van der Waals surface area contributed by atoms with Gasteiger partial charge >= 0.3 is 12.6 Å². The number of carbonyl (C=O) groups is 2. The van der Waals surface area contributed by atoms with Crippen molar-refractivity contribution in [3.8, 4) is 5.75 Å². The van der Waals surface area contributed by atoms with E-state index < -0.39 is 17.6 Å². The lowest BCUT2D eigenvalue weighted by atomic mass is 9.79. The second kappa shape index (κ2) is 11.5. The largest absolute Gasteiger partial charge is 0.465 e. The molecule has 38 heavy (non-hydrogen) atoms. The maximum Gasteiger partial charge on any atom is 0.387 e. The van der Waals surface area contributed by atoms with Crippen LogP contribution >= 0.6 is 11.6 Å². The molecule has 0 spiro atoms. The molecule has 0 unspecified atom stereocenters. The van der Waals surface area contributed by atoms with Crippen LogP contribution in [0.1, 0.15) is 45.2 Å². The summed E-state index contributed by atoms with van der Waals surface area (Å²) in [5.41, 5.74) is -0.685. The molecule has 3 heterocycles. The molecule has 2 fully saturated rings. The number of hydrogen-bond acceptors (Lipinski definition) is 7. The predicted molar refractivity (Wildman–Crippen MR) is 139 cm³/mol. The van der Waals surface area contributed by atoms with Gasteiger partial charge in [-0.05, 0) is 43.9 Å². The Kier molecular flexibility index (Phi) is 8.59. The Morgan fingerprint density at radius 2 is 1.92 bits per heavy atom. The van der Waals surface area contributed by atoms with Crippen LogP contribution in [0.3, 0.4) is 0 Å². The number of hydrogen-bond donors (Lipinski definition) is 2. The Labute approximate surface area is 225 Å². The Hall–Kier alpha value is -2.76. The number of anilines is 1. The number of aromatic nitrogens is 2. The molecule has 9 nitrogen and oxygen atoms in total. The zero-order chi connectivity index (χ0) is 27.5. The molecule has 2 aliphatic heterocycles. The topological polar surface area (TPSA) is 97.7 Å². The number of ether oxygens (including phenoxy) is 2. The molecular formula is C26H34ClF2N5O4. The number of alkyl halides is 2. The number of carbonyl (C=O) groups excluding carboxylic acids is 2. The molecule has 0 radical (unpaired) electrons. The first kappa shape index (κ1) is 28.3. The highest BCUT2D eigenvalue weighted by Gasteiger charge is 2.50. The molecule has 2 N–H and O–H groups in total. The summed E-state index contributed by atoms with van der Waals surface area (Å²) >= 11 is 5.98. The second-order valence-electron chi connectivity index (χ2n) is 10.2. The van der Waals surface area contributed by atoms with Gasteiger partial charge in [0.25, 0.3) is 5.91 Å². The van der Waals surface area contributed by atoms with Crippen LogP contribution in [0, 0.1) is 5.41 Å². The molecule has 0 atom stereocenters. The molecule has 0 saturated carbocycles. The van der Waals surface area contributed by atoms with Crippen LogP contribution in [-0.4, -0.2) is 72.5 Å². The summed E-state index contributed by atoms with van der Waals surface area (Å²) in [4.78, 5) is 28.8. The monoisotopic (exact) mass is 553 g/mol. The second-order valence-corrected chi connectivity index (χ2v) is 10.6. The standard InChI is InChI=1S/C26H34ClF2N5O4/c1-4-37-23(36)25(14-30-15-25)16-33-11-8-26(9-12-33,34-20(17(2)3)7-10-31-34)22(35)32-19-6-5-18(27)13-21(19)38-24(28)29/h5-7,10,13,17,24,30H,4,8-9,11-12,14-16H2,1-3H3,(H,32,35). The summed E-state index contributed by atoms with van der Waals surface area (Å²) in [6.45, 7) is 5.78. The molecule has 1 aromatic carbocycles. The van der Waals surface area contributed by atoms with Crippen molar-refractivity contribution >= 4 is 29.2 Å². The van der Waals surface area contributed by atoms with Gasteiger partial charge in [0.1, 0.15) is 11.0 Å². The van der Waals surface area contributed by atoms with Crippen molar-refractivity contribution in [3.63, 3.8) is 0 Å². The van der Waals surface area contributed by atoms with Gasteiger partial charge in [0, 0.05) is 55.7 Å². The summed E-state index contributed by atoms with van der Waals surface area (Å²) in [6, 6.07) is 6.07. The Morgan fingerprint density at radius 1 is 1.21 bits per heavy atom. The highest BCUT2D eigenvalue weighted by atomic mass is 35.5. The lowest BCUT2D eigenvalue weighted by Gasteiger charge is -2.47. The van der Waals surface area contributed by atoms with E-state index in [9.17, 15) is 18.4 Å². The minimum absolute atomic E-state index is 0.0987. The van der Waals surface area contributed by atoms with E-state index in [0.717, 1.165) is 5.69 Å². The third-order valence-corrected chi connectivity index (χ3v) is 7.58. The first-order valence-electron chi connectivity index (χ1n) is 12.8. The highest BCUT2D eigenvalue weighted by molar-refractivity contribution is 6.30. The average molecular weight is 554 g/mol. The Balaban J connectivity index is 1.60. The number of piperidine rings is 1. The number of benzene rings is 1. The van der Waals surface area contributed by atoms with E-state index in [0.29, 0.717) is 52.2 Å². The van der Waals surface area contributed by atoms with Crippen LogP contribution < -0.4 is 15.4 Å². The molecule has 2 saturated heterocycles. The first-order valence-corrected chi connectivity index (χ1v) is 13.2. The average Bonchev–Trinajstić information content (AvgIpc) is 3.34. The third kappa shape index (κ3) is 5.64. The zero-order valence-corrected chi connectivity index (χ0v) is 22.6. The van der Waals surface area contributed by atoms with Gasteiger partial charge in [0.05, 0.1) is 12.3 Å². The summed E-state index contributed by atoms with van der Waals surface area (Å²) in [6.07, 6.45) is 2.48. The molecule has 1 aromatic heterocycles. The van der Waals surface area contributed by atoms with Crippen molar-refractivity contribution in [2.45, 2.75) is 51.7 Å². The van der Waals surface area contributed by atoms with E-state index in [-0.39, 0.29) is 34.3 Å². The minimum atomic E-state index is -3.08. The van der Waals surface area contributed by atoms with Crippen molar-refractivity contribution in [3.05, 3.63) is 41.2 Å². The zero-order valence-electron chi connectivity index (χ0n) is 21.8. The summed E-state index contributed by atoms with van der Waals surface area (Å²) in [5, 5.41) is 10.7. The van der Waals surface area contributed by atoms with Crippen molar-refractivity contribution in [2.24, 2.45) is 5.41 Å². The van der Waals surface area contributed by atoms with E-state index in [1.165, 1.54) is 18.2 Å². The summed E-state index contributed by atoms with van der Waals surface area (Å²) < 4.78 is 37.8. The van der Waals surface area contributed by atoms with Crippen LogP contribution in [0.5, 0.6) is 5.75 Å². The minimum Gasteiger partial charge on any atom is -0.465 e. The normalized spacial score (nSPS) is 18.7. The van der Waals surface area contributed by atoms with E-state index >= 15 is 0 Å². The van der Waals surface area contributed by atoms with Crippen molar-refractivity contribution < 1.29 is 27.8 Å². The van der Waals surface area contributed by atoms with Gasteiger partial charge in [-0.25, -0.2) is 0 Å². The van der Waals surface area contributed by atoms with Gasteiger partial charge in [0.2, 0.25) is 0 Å². The van der Waals surface area contributed by atoms with Crippen LogP contribution in [0.2, 0.25) is 5.02 Å². The van der Waals surface area contributed by atoms with Gasteiger partial charge in [-0.3, -0.25) is 14.3 Å². The van der Waals surface area contributed by atoms with E-state index in [2.05, 4.69) is 25.4 Å². The van der Waals surface area contributed by atoms with E-state index in [1.807, 2.05) is 19.9 Å². The number of rotatable bonds is 10. The summed E-state index contributed by atoms with van der Waals surface area (Å²) in [7, 11) is 0. The first-order chi connectivity index (χ1) is 18.1. The van der Waals surface area contributed by atoms with Crippen molar-refractivity contribution in [1.82, 2.24) is 20.0 Å². The number of nitrogens with zero attached hydrogens (tertiary/aromatic N) is 3. The molecule has 2 aliphatic rings.